The molecule has 3 aromatic carbocycles. The van der Waals surface area contributed by atoms with E-state index in [1.165, 1.54) is 16.2 Å². The van der Waals surface area contributed by atoms with Gasteiger partial charge in [-0.05, 0) is 41.7 Å². The van der Waals surface area contributed by atoms with Crippen molar-refractivity contribution in [2.45, 2.75) is 39.2 Å². The molecule has 1 N–H and O–H groups in total. The normalized spacial score (nSPS) is 17.5. The number of hydrogen-bond donors (Lipinski definition) is 1. The lowest BCUT2D eigenvalue weighted by molar-refractivity contribution is -0.132. The Morgan fingerprint density at radius 1 is 1.00 bits per heavy atom. The number of aryl methyl sites for hydroxylation is 1. The number of carbonyl (C=O) groups is 2. The van der Waals surface area contributed by atoms with Crippen LogP contribution in [0.25, 0.3) is 16.0 Å². The number of benzene rings is 3. The number of carbonyl (C=O) groups excluding carboxylic acids is 2. The van der Waals surface area contributed by atoms with E-state index in [1.807, 2.05) is 55.5 Å². The quantitative estimate of drug-likeness (QED) is 0.191. The molecule has 1 unspecified atom stereocenters. The predicted octanol–water partition coefficient (Wildman–Crippen LogP) is 6.54. The van der Waals surface area contributed by atoms with Crippen molar-refractivity contribution in [3.05, 3.63) is 94.6 Å². The molecule has 0 radical (unpaired) electrons. The van der Waals surface area contributed by atoms with Gasteiger partial charge in [-0.15, -0.1) is 0 Å². The minimum Gasteiger partial charge on any atom is -0.507 e. The van der Waals surface area contributed by atoms with E-state index < -0.39 is 17.7 Å². The zero-order chi connectivity index (χ0) is 26.5. The zero-order valence-corrected chi connectivity index (χ0v) is 22.2. The van der Waals surface area contributed by atoms with Crippen LogP contribution in [-0.4, -0.2) is 28.9 Å². The van der Waals surface area contributed by atoms with Crippen LogP contribution in [0.2, 0.25) is 0 Å². The first-order chi connectivity index (χ1) is 17.6. The largest absolute Gasteiger partial charge is 0.507 e. The van der Waals surface area contributed by atoms with E-state index in [2.05, 4.69) is 25.8 Å². The maximum atomic E-state index is 13.5. The number of aliphatic hydroxyl groups is 1. The number of aliphatic hydroxyl groups excluding tert-OH is 1. The summed E-state index contributed by atoms with van der Waals surface area (Å²) in [7, 11) is 1.59. The van der Waals surface area contributed by atoms with Crippen LogP contribution in [0.15, 0.2) is 72.3 Å². The minimum absolute atomic E-state index is 0.0502. The van der Waals surface area contributed by atoms with Gasteiger partial charge in [-0.2, -0.15) is 0 Å². The Kier molecular flexibility index (Phi) is 6.12. The lowest BCUT2D eigenvalue weighted by Crippen LogP contribution is -2.29. The molecule has 1 atom stereocenters. The third kappa shape index (κ3) is 4.40. The van der Waals surface area contributed by atoms with Gasteiger partial charge in [-0.3, -0.25) is 14.5 Å². The number of hydrogen-bond acceptors (Lipinski definition) is 6. The van der Waals surface area contributed by atoms with Crippen LogP contribution in [0.4, 0.5) is 5.13 Å². The Morgan fingerprint density at radius 3 is 2.30 bits per heavy atom. The highest BCUT2D eigenvalue weighted by Crippen LogP contribution is 2.45. The van der Waals surface area contributed by atoms with Gasteiger partial charge in [0.15, 0.2) is 5.13 Å². The molecule has 1 amide bonds. The topological polar surface area (TPSA) is 79.7 Å². The van der Waals surface area contributed by atoms with E-state index in [0.29, 0.717) is 22.0 Å². The van der Waals surface area contributed by atoms with Gasteiger partial charge < -0.3 is 9.84 Å². The van der Waals surface area contributed by atoms with E-state index in [4.69, 9.17) is 4.74 Å². The van der Waals surface area contributed by atoms with E-state index in [9.17, 15) is 14.7 Å². The Labute approximate surface area is 219 Å². The van der Waals surface area contributed by atoms with Crippen molar-refractivity contribution in [2.75, 3.05) is 12.0 Å². The van der Waals surface area contributed by atoms with Crippen molar-refractivity contribution >= 4 is 44.1 Å². The monoisotopic (exact) mass is 512 g/mol. The maximum Gasteiger partial charge on any atom is 0.301 e. The fourth-order valence-corrected chi connectivity index (χ4v) is 5.52. The number of fused-ring (bicyclic) bond motifs is 1. The number of methoxy groups -OCH3 is 1. The first-order valence-electron chi connectivity index (χ1n) is 12.0. The Hall–Kier alpha value is -3.97. The molecule has 0 spiro atoms. The highest BCUT2D eigenvalue weighted by Gasteiger charge is 2.48. The first-order valence-corrected chi connectivity index (χ1v) is 12.8. The average Bonchev–Trinajstić information content (AvgIpc) is 3.41. The van der Waals surface area contributed by atoms with E-state index >= 15 is 0 Å². The maximum absolute atomic E-state index is 13.5. The SMILES string of the molecule is COc1ccc2nc(N3C(=O)C(=O)/C(=C(/O)c4ccc(C)cc4)C3c3ccc(C(C)(C)C)cc3)sc2c1. The number of nitrogens with zero attached hydrogens (tertiary/aromatic N) is 2. The van der Waals surface area contributed by atoms with Crippen molar-refractivity contribution in [1.82, 2.24) is 4.98 Å². The Balaban J connectivity index is 1.70. The fraction of sp³-hybridized carbons (Fsp3) is 0.233. The van der Waals surface area contributed by atoms with E-state index in [-0.39, 0.29) is 16.7 Å². The van der Waals surface area contributed by atoms with Gasteiger partial charge in [0.2, 0.25) is 0 Å². The molecule has 1 saturated heterocycles. The lowest BCUT2D eigenvalue weighted by Gasteiger charge is -2.24. The smallest absolute Gasteiger partial charge is 0.301 e. The molecule has 1 aliphatic heterocycles. The molecule has 4 aromatic rings. The summed E-state index contributed by atoms with van der Waals surface area (Å²) in [5, 5.41) is 11.7. The summed E-state index contributed by atoms with van der Waals surface area (Å²) < 4.78 is 6.16. The van der Waals surface area contributed by atoms with Crippen molar-refractivity contribution in [3.8, 4) is 5.75 Å². The van der Waals surface area contributed by atoms with Crippen LogP contribution in [0.3, 0.4) is 0 Å². The number of anilines is 1. The number of thiazole rings is 1. The summed E-state index contributed by atoms with van der Waals surface area (Å²) in [6, 6.07) is 19.7. The molecule has 5 rings (SSSR count). The third-order valence-electron chi connectivity index (χ3n) is 6.65. The Bertz CT molecular complexity index is 1540. The molecule has 6 nitrogen and oxygen atoms in total. The summed E-state index contributed by atoms with van der Waals surface area (Å²) in [5.74, 6) is -0.976. The second-order valence-electron chi connectivity index (χ2n) is 10.2. The van der Waals surface area contributed by atoms with Gasteiger partial charge in [-0.25, -0.2) is 4.98 Å². The average molecular weight is 513 g/mol. The van der Waals surface area contributed by atoms with Crippen molar-refractivity contribution < 1.29 is 19.4 Å². The lowest BCUT2D eigenvalue weighted by atomic mass is 9.85. The fourth-order valence-electron chi connectivity index (χ4n) is 4.50. The number of ketones is 1. The molecule has 2 heterocycles. The minimum atomic E-state index is -0.822. The number of Topliss-reactive ketones (excluding diaryl/α,β-unsaturated/α-hetero) is 1. The van der Waals surface area contributed by atoms with E-state index in [0.717, 1.165) is 21.4 Å². The van der Waals surface area contributed by atoms with E-state index in [1.54, 1.807) is 25.3 Å². The van der Waals surface area contributed by atoms with Crippen LogP contribution in [0, 0.1) is 6.92 Å². The molecule has 37 heavy (non-hydrogen) atoms. The van der Waals surface area contributed by atoms with Crippen LogP contribution in [0.1, 0.15) is 49.1 Å². The summed E-state index contributed by atoms with van der Waals surface area (Å²) in [4.78, 5) is 33.0. The molecular formula is C30H28N2O4S. The van der Waals surface area contributed by atoms with Gasteiger partial charge in [-0.1, -0.05) is 86.2 Å². The number of amides is 1. The Morgan fingerprint density at radius 2 is 1.68 bits per heavy atom. The van der Waals surface area contributed by atoms with Crippen molar-refractivity contribution in [2.24, 2.45) is 0 Å². The third-order valence-corrected chi connectivity index (χ3v) is 7.67. The van der Waals surface area contributed by atoms with Crippen LogP contribution in [0.5, 0.6) is 5.75 Å². The molecule has 0 bridgehead atoms. The second kappa shape index (κ2) is 9.16. The summed E-state index contributed by atoms with van der Waals surface area (Å²) in [6.45, 7) is 8.32. The second-order valence-corrected chi connectivity index (χ2v) is 11.2. The molecule has 0 aliphatic carbocycles. The van der Waals surface area contributed by atoms with Crippen LogP contribution >= 0.6 is 11.3 Å². The van der Waals surface area contributed by atoms with Gasteiger partial charge in [0, 0.05) is 5.56 Å². The van der Waals surface area contributed by atoms with Gasteiger partial charge in [0.05, 0.1) is 28.9 Å². The predicted molar refractivity (Wildman–Crippen MR) is 147 cm³/mol. The highest BCUT2D eigenvalue weighted by atomic mass is 32.1. The number of rotatable bonds is 4. The molecule has 1 aromatic heterocycles. The van der Waals surface area contributed by atoms with Crippen LogP contribution < -0.4 is 9.64 Å². The number of ether oxygens (including phenoxy) is 1. The molecule has 0 saturated carbocycles. The summed E-state index contributed by atoms with van der Waals surface area (Å²) in [5.41, 5.74) is 4.04. The molecule has 1 fully saturated rings. The highest BCUT2D eigenvalue weighted by molar-refractivity contribution is 7.22. The number of aromatic nitrogens is 1. The first kappa shape index (κ1) is 24.7. The van der Waals surface area contributed by atoms with Gasteiger partial charge >= 0.3 is 5.91 Å². The van der Waals surface area contributed by atoms with Crippen LogP contribution in [-0.2, 0) is 15.0 Å². The standard InChI is InChI=1S/C30H28N2O4S/c1-17-6-8-19(9-7-17)26(33)24-25(18-10-12-20(13-11-18)30(2,3)4)32(28(35)27(24)34)29-31-22-15-14-21(36-5)16-23(22)37-29/h6-16,25,33H,1-5H3/b26-24+. The summed E-state index contributed by atoms with van der Waals surface area (Å²) >= 11 is 1.30. The molecule has 1 aliphatic rings. The van der Waals surface area contributed by atoms with Gasteiger partial charge in [0.25, 0.3) is 5.78 Å². The van der Waals surface area contributed by atoms with Gasteiger partial charge in [0.1, 0.15) is 11.5 Å². The summed E-state index contributed by atoms with van der Waals surface area (Å²) in [6.07, 6.45) is 0. The molecule has 188 valence electrons. The van der Waals surface area contributed by atoms with Crippen molar-refractivity contribution in [1.29, 1.82) is 0 Å². The molecular weight excluding hydrogens is 484 g/mol. The zero-order valence-electron chi connectivity index (χ0n) is 21.4. The molecule has 7 heteroatoms. The van der Waals surface area contributed by atoms with Crippen molar-refractivity contribution in [3.63, 3.8) is 0 Å².